The smallest absolute Gasteiger partial charge is 0.254 e. The quantitative estimate of drug-likeness (QED) is 0.674. The zero-order valence-corrected chi connectivity index (χ0v) is 15.7. The van der Waals surface area contributed by atoms with Crippen LogP contribution in [-0.2, 0) is 4.79 Å². The zero-order chi connectivity index (χ0) is 19.6. The van der Waals surface area contributed by atoms with Gasteiger partial charge in [0.2, 0.25) is 5.91 Å². The molecule has 0 aromatic heterocycles. The number of unbranched alkanes of at least 4 members (excludes halogenated alkanes) is 2. The molecule has 0 aliphatic heterocycles. The van der Waals surface area contributed by atoms with E-state index in [0.717, 1.165) is 25.0 Å². The number of ether oxygens (including phenoxy) is 1. The van der Waals surface area contributed by atoms with Crippen molar-refractivity contribution in [3.63, 3.8) is 0 Å². The Balaban J connectivity index is 1.84. The van der Waals surface area contributed by atoms with Gasteiger partial charge in [-0.15, -0.1) is 0 Å². The number of amides is 2. The summed E-state index contributed by atoms with van der Waals surface area (Å²) in [5, 5.41) is 2.63. The number of nitrogens with zero attached hydrogens (tertiary/aromatic N) is 1. The van der Waals surface area contributed by atoms with E-state index in [9.17, 15) is 14.0 Å². The third-order valence-electron chi connectivity index (χ3n) is 3.97. The maximum absolute atomic E-state index is 12.9. The van der Waals surface area contributed by atoms with Crippen molar-refractivity contribution in [1.82, 2.24) is 4.90 Å². The van der Waals surface area contributed by atoms with Gasteiger partial charge in [-0.25, -0.2) is 4.39 Å². The summed E-state index contributed by atoms with van der Waals surface area (Å²) in [6, 6.07) is 12.3. The number of hydrogen-bond donors (Lipinski definition) is 1. The lowest BCUT2D eigenvalue weighted by molar-refractivity contribution is -0.116. The highest BCUT2D eigenvalue weighted by Crippen LogP contribution is 2.14. The number of hydrogen-bond acceptors (Lipinski definition) is 3. The molecule has 0 saturated heterocycles. The molecule has 0 atom stereocenters. The fourth-order valence-corrected chi connectivity index (χ4v) is 2.48. The van der Waals surface area contributed by atoms with Crippen LogP contribution in [0.5, 0.6) is 5.75 Å². The third-order valence-corrected chi connectivity index (χ3v) is 3.97. The molecule has 2 rings (SSSR count). The highest BCUT2D eigenvalue weighted by atomic mass is 19.1. The van der Waals surface area contributed by atoms with E-state index in [1.54, 1.807) is 31.3 Å². The van der Waals surface area contributed by atoms with Crippen molar-refractivity contribution in [3.8, 4) is 5.75 Å². The number of halogens is 1. The Morgan fingerprint density at radius 1 is 1.04 bits per heavy atom. The number of carbonyl (C=O) groups is 2. The van der Waals surface area contributed by atoms with Gasteiger partial charge in [0, 0.05) is 18.3 Å². The van der Waals surface area contributed by atoms with Crippen molar-refractivity contribution in [2.24, 2.45) is 0 Å². The Morgan fingerprint density at radius 3 is 2.33 bits per heavy atom. The second-order valence-electron chi connectivity index (χ2n) is 6.30. The Kier molecular flexibility index (Phi) is 7.79. The minimum absolute atomic E-state index is 0.106. The van der Waals surface area contributed by atoms with E-state index >= 15 is 0 Å². The molecule has 6 heteroatoms. The molecule has 27 heavy (non-hydrogen) atoms. The van der Waals surface area contributed by atoms with Crippen molar-refractivity contribution in [2.45, 2.75) is 26.2 Å². The zero-order valence-electron chi connectivity index (χ0n) is 15.7. The van der Waals surface area contributed by atoms with Crippen molar-refractivity contribution < 1.29 is 18.7 Å². The summed E-state index contributed by atoms with van der Waals surface area (Å²) in [7, 11) is 1.56. The first-order valence-corrected chi connectivity index (χ1v) is 9.03. The van der Waals surface area contributed by atoms with Crippen LogP contribution in [0.3, 0.4) is 0 Å². The van der Waals surface area contributed by atoms with Crippen LogP contribution in [0.2, 0.25) is 0 Å². The molecule has 0 fully saturated rings. The molecule has 0 unspecified atom stereocenters. The maximum atomic E-state index is 12.9. The van der Waals surface area contributed by atoms with Crippen molar-refractivity contribution >= 4 is 17.5 Å². The Labute approximate surface area is 159 Å². The molecule has 2 aromatic carbocycles. The number of anilines is 1. The highest BCUT2D eigenvalue weighted by Gasteiger charge is 2.15. The van der Waals surface area contributed by atoms with Gasteiger partial charge in [-0.05, 0) is 55.0 Å². The number of carbonyl (C=O) groups excluding carboxylic acids is 2. The second kappa shape index (κ2) is 10.3. The van der Waals surface area contributed by atoms with Gasteiger partial charge in [0.25, 0.3) is 5.91 Å². The monoisotopic (exact) mass is 372 g/mol. The Hall–Kier alpha value is -2.89. The molecular formula is C21H25FN2O3. The first kappa shape index (κ1) is 20.4. The van der Waals surface area contributed by atoms with Crippen molar-refractivity contribution in [1.29, 1.82) is 0 Å². The molecule has 0 heterocycles. The molecule has 0 saturated carbocycles. The number of rotatable bonds is 9. The summed E-state index contributed by atoms with van der Waals surface area (Å²) in [6.07, 6.45) is 3.27. The van der Waals surface area contributed by atoms with Crippen LogP contribution in [0, 0.1) is 5.82 Å². The first-order valence-electron chi connectivity index (χ1n) is 9.03. The minimum atomic E-state index is -0.377. The van der Waals surface area contributed by atoms with Crippen LogP contribution in [-0.4, -0.2) is 36.9 Å². The molecule has 0 radical (unpaired) electrons. The SMILES string of the molecule is CCCCCOc1ccc(C(=O)N(C)CC(=O)Nc2ccc(F)cc2)cc1. The Morgan fingerprint density at radius 2 is 1.70 bits per heavy atom. The first-order chi connectivity index (χ1) is 13.0. The van der Waals surface area contributed by atoms with Crippen molar-refractivity contribution in [2.75, 3.05) is 25.5 Å². The molecule has 1 N–H and O–H groups in total. The van der Waals surface area contributed by atoms with Crippen LogP contribution in [0.25, 0.3) is 0 Å². The van der Waals surface area contributed by atoms with Gasteiger partial charge in [-0.2, -0.15) is 0 Å². The Bertz CT molecular complexity index is 745. The highest BCUT2D eigenvalue weighted by molar-refractivity contribution is 5.99. The fraction of sp³-hybridized carbons (Fsp3) is 0.333. The summed E-state index contributed by atoms with van der Waals surface area (Å²) < 4.78 is 18.5. The molecule has 0 aliphatic rings. The van der Waals surface area contributed by atoms with Crippen LogP contribution in [0.4, 0.5) is 10.1 Å². The topological polar surface area (TPSA) is 58.6 Å². The van der Waals surface area contributed by atoms with Gasteiger partial charge in [0.05, 0.1) is 13.2 Å². The van der Waals surface area contributed by atoms with E-state index in [-0.39, 0.29) is 24.2 Å². The lowest BCUT2D eigenvalue weighted by atomic mass is 10.2. The molecule has 0 aliphatic carbocycles. The van der Waals surface area contributed by atoms with Crippen LogP contribution >= 0.6 is 0 Å². The number of benzene rings is 2. The van der Waals surface area contributed by atoms with Gasteiger partial charge in [-0.3, -0.25) is 9.59 Å². The van der Waals surface area contributed by atoms with E-state index < -0.39 is 0 Å². The van der Waals surface area contributed by atoms with E-state index in [2.05, 4.69) is 12.2 Å². The van der Waals surface area contributed by atoms with Gasteiger partial charge >= 0.3 is 0 Å². The van der Waals surface area contributed by atoms with E-state index in [1.807, 2.05) is 0 Å². The van der Waals surface area contributed by atoms with Gasteiger partial charge in [0.15, 0.2) is 0 Å². The van der Waals surface area contributed by atoms with E-state index in [0.29, 0.717) is 17.9 Å². The average Bonchev–Trinajstić information content (AvgIpc) is 2.67. The maximum Gasteiger partial charge on any atom is 0.254 e. The lowest BCUT2D eigenvalue weighted by Gasteiger charge is -2.17. The van der Waals surface area contributed by atoms with Gasteiger partial charge in [-0.1, -0.05) is 19.8 Å². The summed E-state index contributed by atoms with van der Waals surface area (Å²) >= 11 is 0. The molecular weight excluding hydrogens is 347 g/mol. The number of nitrogens with one attached hydrogen (secondary N) is 1. The van der Waals surface area contributed by atoms with Crippen molar-refractivity contribution in [3.05, 3.63) is 59.9 Å². The normalized spacial score (nSPS) is 10.3. The summed E-state index contributed by atoms with van der Waals surface area (Å²) in [5.41, 5.74) is 0.958. The molecule has 2 amide bonds. The van der Waals surface area contributed by atoms with Crippen LogP contribution < -0.4 is 10.1 Å². The minimum Gasteiger partial charge on any atom is -0.494 e. The third kappa shape index (κ3) is 6.73. The summed E-state index contributed by atoms with van der Waals surface area (Å²) in [4.78, 5) is 25.8. The molecule has 2 aromatic rings. The summed E-state index contributed by atoms with van der Waals surface area (Å²) in [5.74, 6) is -0.271. The van der Waals surface area contributed by atoms with Gasteiger partial charge in [0.1, 0.15) is 11.6 Å². The van der Waals surface area contributed by atoms with Crippen LogP contribution in [0.15, 0.2) is 48.5 Å². The lowest BCUT2D eigenvalue weighted by Crippen LogP contribution is -2.34. The van der Waals surface area contributed by atoms with Crippen LogP contribution in [0.1, 0.15) is 36.5 Å². The number of likely N-dealkylation sites (N-methyl/N-ethyl adjacent to an activating group) is 1. The predicted octanol–water partition coefficient (Wildman–Crippen LogP) is 4.11. The largest absolute Gasteiger partial charge is 0.494 e. The van der Waals surface area contributed by atoms with E-state index in [1.165, 1.54) is 29.2 Å². The molecule has 0 bridgehead atoms. The average molecular weight is 372 g/mol. The molecule has 0 spiro atoms. The second-order valence-corrected chi connectivity index (χ2v) is 6.30. The molecule has 144 valence electrons. The fourth-order valence-electron chi connectivity index (χ4n) is 2.48. The van der Waals surface area contributed by atoms with Gasteiger partial charge < -0.3 is 15.0 Å². The standard InChI is InChI=1S/C21H25FN2O3/c1-3-4-5-14-27-19-12-6-16(7-13-19)21(26)24(2)15-20(25)23-18-10-8-17(22)9-11-18/h6-13H,3-5,14-15H2,1-2H3,(H,23,25). The van der Waals surface area contributed by atoms with E-state index in [4.69, 9.17) is 4.74 Å². The predicted molar refractivity (Wildman–Crippen MR) is 103 cm³/mol. The summed E-state index contributed by atoms with van der Waals surface area (Å²) in [6.45, 7) is 2.69. The molecule has 5 nitrogen and oxygen atoms in total.